The first-order valence-electron chi connectivity index (χ1n) is 5.94. The molecule has 0 radical (unpaired) electrons. The van der Waals surface area contributed by atoms with Crippen LogP contribution in [0.4, 0.5) is 4.39 Å². The Morgan fingerprint density at radius 3 is 2.85 bits per heavy atom. The van der Waals surface area contributed by atoms with Crippen LogP contribution in [0.2, 0.25) is 0 Å². The molecule has 0 saturated carbocycles. The van der Waals surface area contributed by atoms with E-state index < -0.39 is 5.82 Å². The van der Waals surface area contributed by atoms with Gasteiger partial charge in [-0.25, -0.2) is 19.0 Å². The molecule has 2 aromatic heterocycles. The molecule has 3 aromatic rings. The molecule has 20 heavy (non-hydrogen) atoms. The molecule has 0 N–H and O–H groups in total. The second kappa shape index (κ2) is 5.08. The molecule has 3 rings (SSSR count). The van der Waals surface area contributed by atoms with Gasteiger partial charge in [-0.05, 0) is 18.2 Å². The minimum Gasteiger partial charge on any atom is -0.496 e. The van der Waals surface area contributed by atoms with E-state index in [0.29, 0.717) is 22.8 Å². The van der Waals surface area contributed by atoms with Gasteiger partial charge < -0.3 is 4.74 Å². The van der Waals surface area contributed by atoms with E-state index in [1.807, 2.05) is 0 Å². The molecule has 0 amide bonds. The number of hydrogen-bond acceptors (Lipinski definition) is 4. The summed E-state index contributed by atoms with van der Waals surface area (Å²) in [6.45, 7) is 0. The van der Waals surface area contributed by atoms with Gasteiger partial charge in [-0.1, -0.05) is 6.07 Å². The topological polar surface area (TPSA) is 52.8 Å². The van der Waals surface area contributed by atoms with Crippen LogP contribution in [0, 0.1) is 5.82 Å². The van der Waals surface area contributed by atoms with Crippen molar-refractivity contribution in [3.05, 3.63) is 54.9 Å². The summed E-state index contributed by atoms with van der Waals surface area (Å²) in [7, 11) is 1.49. The molecular weight excluding hydrogens is 259 g/mol. The molecule has 0 spiro atoms. The third-order valence-corrected chi connectivity index (χ3v) is 2.84. The Kier molecular flexibility index (Phi) is 3.12. The molecule has 0 unspecified atom stereocenters. The molecule has 0 fully saturated rings. The van der Waals surface area contributed by atoms with Crippen molar-refractivity contribution < 1.29 is 9.13 Å². The highest BCUT2D eigenvalue weighted by atomic mass is 19.1. The number of aromatic nitrogens is 4. The molecule has 0 aliphatic rings. The third-order valence-electron chi connectivity index (χ3n) is 2.84. The second-order valence-corrected chi connectivity index (χ2v) is 4.03. The number of ether oxygens (including phenoxy) is 1. The van der Waals surface area contributed by atoms with Crippen molar-refractivity contribution >= 4 is 0 Å². The van der Waals surface area contributed by atoms with Gasteiger partial charge in [0.1, 0.15) is 17.9 Å². The lowest BCUT2D eigenvalue weighted by Gasteiger charge is -2.09. The molecule has 0 bridgehead atoms. The van der Waals surface area contributed by atoms with Gasteiger partial charge in [-0.15, -0.1) is 0 Å². The molecule has 6 heteroatoms. The van der Waals surface area contributed by atoms with E-state index >= 15 is 0 Å². The molecular formula is C14H11FN4O. The maximum atomic E-state index is 14.0. The smallest absolute Gasteiger partial charge is 0.157 e. The largest absolute Gasteiger partial charge is 0.496 e. The summed E-state index contributed by atoms with van der Waals surface area (Å²) in [6, 6.07) is 8.09. The van der Waals surface area contributed by atoms with Crippen molar-refractivity contribution in [2.24, 2.45) is 0 Å². The van der Waals surface area contributed by atoms with E-state index in [9.17, 15) is 4.39 Å². The van der Waals surface area contributed by atoms with Crippen molar-refractivity contribution in [1.82, 2.24) is 19.7 Å². The van der Waals surface area contributed by atoms with Gasteiger partial charge in [0.25, 0.3) is 0 Å². The first-order chi connectivity index (χ1) is 9.79. The zero-order valence-corrected chi connectivity index (χ0v) is 10.7. The van der Waals surface area contributed by atoms with Crippen LogP contribution in [0.15, 0.2) is 49.1 Å². The van der Waals surface area contributed by atoms with Crippen LogP contribution in [0.5, 0.6) is 5.75 Å². The Morgan fingerprint density at radius 2 is 2.10 bits per heavy atom. The van der Waals surface area contributed by atoms with E-state index in [1.54, 1.807) is 41.3 Å². The average Bonchev–Trinajstić information content (AvgIpc) is 3.01. The van der Waals surface area contributed by atoms with E-state index in [0.717, 1.165) is 0 Å². The Hall–Kier alpha value is -2.76. The SMILES string of the molecule is COc1cccc(F)c1-c1cc(-n2cccn2)ncn1. The van der Waals surface area contributed by atoms with Gasteiger partial charge in [0, 0.05) is 18.5 Å². The van der Waals surface area contributed by atoms with Crippen LogP contribution in [0.25, 0.3) is 17.1 Å². The summed E-state index contributed by atoms with van der Waals surface area (Å²) < 4.78 is 20.8. The number of benzene rings is 1. The van der Waals surface area contributed by atoms with Crippen LogP contribution >= 0.6 is 0 Å². The number of halogens is 1. The summed E-state index contributed by atoms with van der Waals surface area (Å²) >= 11 is 0. The lowest BCUT2D eigenvalue weighted by molar-refractivity contribution is 0.413. The van der Waals surface area contributed by atoms with Crippen LogP contribution in [-0.2, 0) is 0 Å². The first kappa shape index (κ1) is 12.3. The Balaban J connectivity index is 2.14. The fourth-order valence-corrected chi connectivity index (χ4v) is 1.94. The summed E-state index contributed by atoms with van der Waals surface area (Å²) in [6.07, 6.45) is 4.77. The highest BCUT2D eigenvalue weighted by molar-refractivity contribution is 5.68. The van der Waals surface area contributed by atoms with Gasteiger partial charge >= 0.3 is 0 Å². The average molecular weight is 270 g/mol. The molecule has 0 aliphatic heterocycles. The van der Waals surface area contributed by atoms with Crippen LogP contribution in [-0.4, -0.2) is 26.9 Å². The summed E-state index contributed by atoms with van der Waals surface area (Å²) in [5.41, 5.74) is 0.756. The van der Waals surface area contributed by atoms with Gasteiger partial charge in [0.05, 0.1) is 18.4 Å². The maximum absolute atomic E-state index is 14.0. The van der Waals surface area contributed by atoms with Crippen LogP contribution in [0.3, 0.4) is 0 Å². The molecule has 100 valence electrons. The van der Waals surface area contributed by atoms with Gasteiger partial charge in [0.2, 0.25) is 0 Å². The predicted octanol–water partition coefficient (Wildman–Crippen LogP) is 2.48. The number of methoxy groups -OCH3 is 1. The van der Waals surface area contributed by atoms with Gasteiger partial charge in [-0.3, -0.25) is 0 Å². The van der Waals surface area contributed by atoms with Crippen LogP contribution < -0.4 is 4.74 Å². The van der Waals surface area contributed by atoms with E-state index in [1.165, 1.54) is 19.5 Å². The predicted molar refractivity (Wildman–Crippen MR) is 71.1 cm³/mol. The quantitative estimate of drug-likeness (QED) is 0.733. The van der Waals surface area contributed by atoms with Crippen molar-refractivity contribution in [1.29, 1.82) is 0 Å². The monoisotopic (exact) mass is 270 g/mol. The van der Waals surface area contributed by atoms with E-state index in [-0.39, 0.29) is 0 Å². The lowest BCUT2D eigenvalue weighted by atomic mass is 10.1. The standard InChI is InChI=1S/C14H11FN4O/c1-20-12-5-2-4-10(15)14(12)11-8-13(17-9-16-11)19-7-3-6-18-19/h2-9H,1H3. The summed E-state index contributed by atoms with van der Waals surface area (Å²) in [5.74, 6) is 0.592. The van der Waals surface area contributed by atoms with Crippen molar-refractivity contribution in [2.45, 2.75) is 0 Å². The number of rotatable bonds is 3. The maximum Gasteiger partial charge on any atom is 0.157 e. The van der Waals surface area contributed by atoms with Gasteiger partial charge in [-0.2, -0.15) is 5.10 Å². The van der Waals surface area contributed by atoms with Crippen LogP contribution in [0.1, 0.15) is 0 Å². The third kappa shape index (κ3) is 2.11. The summed E-state index contributed by atoms with van der Waals surface area (Å²) in [4.78, 5) is 8.24. The molecule has 0 saturated heterocycles. The minimum absolute atomic E-state index is 0.311. The molecule has 0 aliphatic carbocycles. The van der Waals surface area contributed by atoms with Crippen molar-refractivity contribution in [3.8, 4) is 22.8 Å². The second-order valence-electron chi connectivity index (χ2n) is 4.03. The van der Waals surface area contributed by atoms with Crippen molar-refractivity contribution in [2.75, 3.05) is 7.11 Å². The fraction of sp³-hybridized carbons (Fsp3) is 0.0714. The Morgan fingerprint density at radius 1 is 1.20 bits per heavy atom. The molecule has 1 aromatic carbocycles. The normalized spacial score (nSPS) is 10.5. The zero-order chi connectivity index (χ0) is 13.9. The lowest BCUT2D eigenvalue weighted by Crippen LogP contribution is -2.00. The minimum atomic E-state index is -0.394. The fourth-order valence-electron chi connectivity index (χ4n) is 1.94. The molecule has 0 atom stereocenters. The van der Waals surface area contributed by atoms with Gasteiger partial charge in [0.15, 0.2) is 5.82 Å². The highest BCUT2D eigenvalue weighted by Crippen LogP contribution is 2.31. The Labute approximate surface area is 114 Å². The first-order valence-corrected chi connectivity index (χ1v) is 5.94. The summed E-state index contributed by atoms with van der Waals surface area (Å²) in [5, 5.41) is 4.09. The van der Waals surface area contributed by atoms with E-state index in [4.69, 9.17) is 4.74 Å². The highest BCUT2D eigenvalue weighted by Gasteiger charge is 2.14. The molecule has 2 heterocycles. The number of hydrogen-bond donors (Lipinski definition) is 0. The Bertz CT molecular complexity index is 728. The zero-order valence-electron chi connectivity index (χ0n) is 10.7. The number of nitrogens with zero attached hydrogens (tertiary/aromatic N) is 4. The van der Waals surface area contributed by atoms with Crippen molar-refractivity contribution in [3.63, 3.8) is 0 Å². The molecule has 5 nitrogen and oxygen atoms in total. The van der Waals surface area contributed by atoms with E-state index in [2.05, 4.69) is 15.1 Å².